The van der Waals surface area contributed by atoms with Crippen molar-refractivity contribution in [1.29, 1.82) is 0 Å². The molecule has 0 fully saturated rings. The molecule has 1 aromatic heterocycles. The summed E-state index contributed by atoms with van der Waals surface area (Å²) in [6.45, 7) is 1.75. The van der Waals surface area contributed by atoms with Crippen molar-refractivity contribution in [3.8, 4) is 0 Å². The van der Waals surface area contributed by atoms with Gasteiger partial charge in [-0.05, 0) is 25.1 Å². The maximum atomic E-state index is 11.6. The average Bonchev–Trinajstić information content (AvgIpc) is 2.16. The van der Waals surface area contributed by atoms with E-state index in [0.29, 0.717) is 21.7 Å². The molecular formula is C10H8Cl2N2O. The van der Waals surface area contributed by atoms with E-state index in [4.69, 9.17) is 23.2 Å². The number of hydrogen-bond donors (Lipinski definition) is 1. The first-order valence-electron chi connectivity index (χ1n) is 4.41. The van der Waals surface area contributed by atoms with Gasteiger partial charge in [-0.1, -0.05) is 11.6 Å². The van der Waals surface area contributed by atoms with Crippen LogP contribution < -0.4 is 5.56 Å². The molecule has 1 unspecified atom stereocenters. The van der Waals surface area contributed by atoms with E-state index in [1.54, 1.807) is 25.1 Å². The number of aromatic nitrogens is 2. The van der Waals surface area contributed by atoms with Crippen molar-refractivity contribution in [3.05, 3.63) is 39.4 Å². The highest BCUT2D eigenvalue weighted by atomic mass is 35.5. The van der Waals surface area contributed by atoms with Crippen molar-refractivity contribution in [2.24, 2.45) is 0 Å². The Bertz CT molecular complexity index is 563. The Hall–Kier alpha value is -1.06. The van der Waals surface area contributed by atoms with Crippen molar-refractivity contribution in [2.45, 2.75) is 12.3 Å². The Kier molecular flexibility index (Phi) is 2.67. The summed E-state index contributed by atoms with van der Waals surface area (Å²) in [4.78, 5) is 18.5. The molecule has 0 spiro atoms. The van der Waals surface area contributed by atoms with Crippen LogP contribution in [-0.2, 0) is 0 Å². The van der Waals surface area contributed by atoms with E-state index in [1.165, 1.54) is 0 Å². The molecule has 1 aromatic carbocycles. The molecule has 0 aliphatic heterocycles. The predicted octanol–water partition coefficient (Wildman–Crippen LogP) is 2.88. The lowest BCUT2D eigenvalue weighted by Crippen LogP contribution is -2.12. The third-order valence-corrected chi connectivity index (χ3v) is 2.51. The predicted molar refractivity (Wildman–Crippen MR) is 61.6 cm³/mol. The van der Waals surface area contributed by atoms with E-state index in [9.17, 15) is 4.79 Å². The first kappa shape index (κ1) is 10.5. The summed E-state index contributed by atoms with van der Waals surface area (Å²) in [6, 6.07) is 4.95. The smallest absolute Gasteiger partial charge is 0.258 e. The van der Waals surface area contributed by atoms with Gasteiger partial charge < -0.3 is 4.98 Å². The highest BCUT2D eigenvalue weighted by molar-refractivity contribution is 6.31. The molecule has 0 amide bonds. The number of aromatic amines is 1. The minimum absolute atomic E-state index is 0.195. The largest absolute Gasteiger partial charge is 0.309 e. The Morgan fingerprint density at radius 2 is 2.20 bits per heavy atom. The molecule has 1 atom stereocenters. The van der Waals surface area contributed by atoms with E-state index in [1.807, 2.05) is 0 Å². The lowest BCUT2D eigenvalue weighted by Gasteiger charge is -2.04. The molecule has 0 saturated heterocycles. The van der Waals surface area contributed by atoms with Crippen LogP contribution in [0, 0.1) is 0 Å². The maximum Gasteiger partial charge on any atom is 0.258 e. The Balaban J connectivity index is 2.80. The van der Waals surface area contributed by atoms with Crippen molar-refractivity contribution in [1.82, 2.24) is 9.97 Å². The Labute approximate surface area is 96.1 Å². The molecule has 2 aromatic rings. The zero-order chi connectivity index (χ0) is 11.0. The van der Waals surface area contributed by atoms with Crippen molar-refractivity contribution in [3.63, 3.8) is 0 Å². The minimum atomic E-state index is -0.332. The van der Waals surface area contributed by atoms with Crippen LogP contribution in [0.5, 0.6) is 0 Å². The number of nitrogens with one attached hydrogen (secondary N) is 1. The maximum absolute atomic E-state index is 11.6. The fraction of sp³-hybridized carbons (Fsp3) is 0.200. The lowest BCUT2D eigenvalue weighted by molar-refractivity contribution is 0.914. The van der Waals surface area contributed by atoms with Gasteiger partial charge in [0.15, 0.2) is 0 Å². The molecule has 5 heteroatoms. The molecule has 0 aliphatic carbocycles. The highest BCUT2D eigenvalue weighted by Gasteiger charge is 2.08. The fourth-order valence-corrected chi connectivity index (χ4v) is 1.59. The van der Waals surface area contributed by atoms with Crippen LogP contribution in [0.2, 0.25) is 5.02 Å². The number of H-pyrrole nitrogens is 1. The number of alkyl halides is 1. The summed E-state index contributed by atoms with van der Waals surface area (Å²) in [6.07, 6.45) is 0. The molecule has 0 aliphatic rings. The van der Waals surface area contributed by atoms with Gasteiger partial charge in [0.05, 0.1) is 16.3 Å². The van der Waals surface area contributed by atoms with Gasteiger partial charge in [-0.15, -0.1) is 11.6 Å². The van der Waals surface area contributed by atoms with Gasteiger partial charge in [0.2, 0.25) is 0 Å². The molecule has 0 saturated carbocycles. The first-order chi connectivity index (χ1) is 7.08. The second-order valence-corrected chi connectivity index (χ2v) is 4.32. The zero-order valence-corrected chi connectivity index (χ0v) is 9.43. The Morgan fingerprint density at radius 1 is 1.47 bits per heavy atom. The summed E-state index contributed by atoms with van der Waals surface area (Å²) in [5.41, 5.74) is 0.368. The molecule has 3 nitrogen and oxygen atoms in total. The molecule has 78 valence electrons. The van der Waals surface area contributed by atoms with Gasteiger partial charge in [-0.25, -0.2) is 4.98 Å². The molecular weight excluding hydrogens is 235 g/mol. The van der Waals surface area contributed by atoms with E-state index >= 15 is 0 Å². The highest BCUT2D eigenvalue weighted by Crippen LogP contribution is 2.18. The third-order valence-electron chi connectivity index (χ3n) is 2.06. The molecule has 15 heavy (non-hydrogen) atoms. The van der Waals surface area contributed by atoms with Crippen LogP contribution in [0.15, 0.2) is 23.0 Å². The second-order valence-electron chi connectivity index (χ2n) is 3.23. The molecule has 0 radical (unpaired) electrons. The summed E-state index contributed by atoms with van der Waals surface area (Å²) < 4.78 is 0. The van der Waals surface area contributed by atoms with Crippen LogP contribution in [-0.4, -0.2) is 9.97 Å². The molecule has 1 heterocycles. The van der Waals surface area contributed by atoms with Gasteiger partial charge in [0, 0.05) is 5.02 Å². The van der Waals surface area contributed by atoms with Crippen molar-refractivity contribution < 1.29 is 0 Å². The summed E-state index contributed by atoms with van der Waals surface area (Å²) in [5.74, 6) is 0.455. The van der Waals surface area contributed by atoms with E-state index < -0.39 is 0 Å². The second kappa shape index (κ2) is 3.83. The summed E-state index contributed by atoms with van der Waals surface area (Å²) >= 11 is 11.7. The average molecular weight is 243 g/mol. The van der Waals surface area contributed by atoms with Crippen LogP contribution >= 0.6 is 23.2 Å². The van der Waals surface area contributed by atoms with Gasteiger partial charge in [0.25, 0.3) is 5.56 Å². The van der Waals surface area contributed by atoms with Crippen LogP contribution in [0.3, 0.4) is 0 Å². The zero-order valence-electron chi connectivity index (χ0n) is 7.92. The van der Waals surface area contributed by atoms with Gasteiger partial charge in [0.1, 0.15) is 5.82 Å². The number of fused-ring (bicyclic) bond motifs is 1. The molecule has 2 rings (SSSR count). The molecule has 0 bridgehead atoms. The fourth-order valence-electron chi connectivity index (χ4n) is 1.32. The van der Waals surface area contributed by atoms with Crippen LogP contribution in [0.4, 0.5) is 0 Å². The topological polar surface area (TPSA) is 45.8 Å². The number of nitrogens with zero attached hydrogens (tertiary/aromatic N) is 1. The summed E-state index contributed by atoms with van der Waals surface area (Å²) in [7, 11) is 0. The van der Waals surface area contributed by atoms with Gasteiger partial charge in [-0.2, -0.15) is 0 Å². The van der Waals surface area contributed by atoms with Crippen LogP contribution in [0.1, 0.15) is 18.1 Å². The lowest BCUT2D eigenvalue weighted by atomic mass is 10.2. The normalized spacial score (nSPS) is 13.0. The quantitative estimate of drug-likeness (QED) is 0.782. The SMILES string of the molecule is CC(Cl)c1nc2cc(Cl)ccc2c(=O)[nH]1. The van der Waals surface area contributed by atoms with Crippen molar-refractivity contribution >= 4 is 34.1 Å². The van der Waals surface area contributed by atoms with Gasteiger partial charge >= 0.3 is 0 Å². The standard InChI is InChI=1S/C10H8Cl2N2O/c1-5(11)9-13-8-4-6(12)2-3-7(8)10(15)14-9/h2-5H,1H3,(H,13,14,15). The van der Waals surface area contributed by atoms with Crippen molar-refractivity contribution in [2.75, 3.05) is 0 Å². The van der Waals surface area contributed by atoms with E-state index in [-0.39, 0.29) is 10.9 Å². The van der Waals surface area contributed by atoms with E-state index in [0.717, 1.165) is 0 Å². The molecule has 1 N–H and O–H groups in total. The number of benzene rings is 1. The van der Waals surface area contributed by atoms with Crippen LogP contribution in [0.25, 0.3) is 10.9 Å². The number of rotatable bonds is 1. The first-order valence-corrected chi connectivity index (χ1v) is 5.23. The number of hydrogen-bond acceptors (Lipinski definition) is 2. The monoisotopic (exact) mass is 242 g/mol. The summed E-state index contributed by atoms with van der Waals surface area (Å²) in [5, 5.41) is 0.732. The Morgan fingerprint density at radius 3 is 2.87 bits per heavy atom. The third kappa shape index (κ3) is 1.98. The number of halogens is 2. The van der Waals surface area contributed by atoms with Gasteiger partial charge in [-0.3, -0.25) is 4.79 Å². The minimum Gasteiger partial charge on any atom is -0.309 e. The van der Waals surface area contributed by atoms with E-state index in [2.05, 4.69) is 9.97 Å².